The summed E-state index contributed by atoms with van der Waals surface area (Å²) in [6, 6.07) is 20.4. The average Bonchev–Trinajstić information content (AvgIpc) is 3.26. The maximum absolute atomic E-state index is 14.7. The van der Waals surface area contributed by atoms with Crippen LogP contribution in [0.4, 0.5) is 13.2 Å². The fourth-order valence-electron chi connectivity index (χ4n) is 17.4. The molecule has 0 amide bonds. The summed E-state index contributed by atoms with van der Waals surface area (Å²) in [5.41, 5.74) is 5.83. The Labute approximate surface area is 394 Å². The topological polar surface area (TPSA) is 0 Å². The number of hydrogen-bond donors (Lipinski definition) is 0. The molecule has 0 aliphatic carbocycles. The van der Waals surface area contributed by atoms with Crippen LogP contribution in [0.15, 0.2) is 60.3 Å². The Balaban J connectivity index is 2.86. The second kappa shape index (κ2) is 15.2. The van der Waals surface area contributed by atoms with Crippen molar-refractivity contribution < 1.29 is 13.2 Å². The molecule has 0 spiro atoms. The van der Waals surface area contributed by atoms with Crippen LogP contribution in [0, 0.1) is 0 Å². The van der Waals surface area contributed by atoms with Crippen molar-refractivity contribution in [2.45, 2.75) is 250 Å². The first-order valence-corrected chi connectivity index (χ1v) is 46.8. The minimum Gasteiger partial charge on any atom is -0.166 e. The quantitative estimate of drug-likeness (QED) is 0.253. The minimum atomic E-state index is -4.39. The Hall–Kier alpha value is -0.512. The highest BCUT2D eigenvalue weighted by Gasteiger charge is 2.98. The zero-order chi connectivity index (χ0) is 49.7. The Morgan fingerprint density at radius 3 is 1.03 bits per heavy atom. The van der Waals surface area contributed by atoms with E-state index in [0.29, 0.717) is 5.54 Å². The predicted molar refractivity (Wildman–Crippen MR) is 295 cm³/mol. The number of hydrogen-bond acceptors (Lipinski definition) is 0. The first-order chi connectivity index (χ1) is 27.5. The number of rotatable bonds is 6. The molecule has 2 aromatic rings. The van der Waals surface area contributed by atoms with E-state index in [2.05, 4.69) is 228 Å². The maximum atomic E-state index is 14.7. The van der Waals surface area contributed by atoms with Gasteiger partial charge in [-0.2, -0.15) is 13.2 Å². The second-order valence-corrected chi connectivity index (χ2v) is 99.7. The molecule has 10 heteroatoms. The van der Waals surface area contributed by atoms with Crippen LogP contribution in [0.25, 0.3) is 5.20 Å². The number of fused-ring (bicyclic) bond motifs is 1. The molecular weight excluding hydrogens is 890 g/mol. The van der Waals surface area contributed by atoms with Gasteiger partial charge in [0.15, 0.2) is 0 Å². The lowest BCUT2D eigenvalue weighted by Gasteiger charge is -2.84. The summed E-state index contributed by atoms with van der Waals surface area (Å²) in [5, 5.41) is 2.15. The van der Waals surface area contributed by atoms with Crippen molar-refractivity contribution >= 4 is 55.9 Å². The minimum absolute atomic E-state index is 0.0200. The standard InChI is InChI=1S/C53H97F3Si7/c1-45(2,3)57(25,46(4,5)6)61-38-44(41-34-36-42(37-35-41)53(54,55)56)63(61,60(28,51(19,20)21)52(22,23)24)62(39-43(61)40-32-30-29-31-33-40,58(26,47(7,8)9)48(10,11)12)59(27,49(13,14)15)50(16,17)18/h29-38,43H,39H2,1-28H3/t43?,61-,63-/m0/s1. The van der Waals surface area contributed by atoms with Crippen LogP contribution in [0.3, 0.4) is 0 Å². The molecule has 3 atom stereocenters. The van der Waals surface area contributed by atoms with E-state index >= 15 is 0 Å². The molecule has 1 fully saturated rings. The van der Waals surface area contributed by atoms with Crippen LogP contribution in [0.1, 0.15) is 188 Å². The molecule has 0 saturated carbocycles. The van der Waals surface area contributed by atoms with Gasteiger partial charge >= 0.3 is 6.18 Å². The summed E-state index contributed by atoms with van der Waals surface area (Å²) < 4.78 is 44.2. The van der Waals surface area contributed by atoms with Crippen LogP contribution in [-0.2, 0) is 6.18 Å². The maximum Gasteiger partial charge on any atom is 0.416 e. The first-order valence-electron chi connectivity index (χ1n) is 24.5. The molecular formula is C53H97F3Si7. The summed E-state index contributed by atoms with van der Waals surface area (Å²) in [6.07, 6.45) is -4.39. The number of benzene rings is 2. The zero-order valence-electron chi connectivity index (χ0n) is 46.2. The second-order valence-electron chi connectivity index (χ2n) is 29.8. The molecule has 0 aromatic heterocycles. The monoisotopic (exact) mass is 987 g/mol. The third-order valence-electron chi connectivity index (χ3n) is 21.1. The highest BCUT2D eigenvalue weighted by molar-refractivity contribution is 8.21. The first kappa shape index (κ1) is 55.1. The molecule has 0 bridgehead atoms. The lowest BCUT2D eigenvalue weighted by Crippen LogP contribution is -3.07. The molecule has 1 saturated heterocycles. The number of alkyl halides is 3. The summed E-state index contributed by atoms with van der Waals surface area (Å²) in [4.78, 5) is 0. The van der Waals surface area contributed by atoms with Gasteiger partial charge < -0.3 is 0 Å². The van der Waals surface area contributed by atoms with Crippen molar-refractivity contribution in [3.8, 4) is 0 Å². The largest absolute Gasteiger partial charge is 0.416 e. The van der Waals surface area contributed by atoms with E-state index in [0.717, 1.165) is 5.56 Å². The molecule has 63 heavy (non-hydrogen) atoms. The van der Waals surface area contributed by atoms with Gasteiger partial charge in [-0.1, -0.05) is 252 Å². The van der Waals surface area contributed by atoms with Crippen molar-refractivity contribution in [1.29, 1.82) is 0 Å². The zero-order valence-corrected chi connectivity index (χ0v) is 53.2. The fraction of sp³-hybridized carbons (Fsp3) is 0.736. The van der Waals surface area contributed by atoms with Gasteiger partial charge in [0.1, 0.15) is 0 Å². The lowest BCUT2D eigenvalue weighted by atomic mass is 10.1. The highest BCUT2D eigenvalue weighted by Crippen LogP contribution is 2.83. The van der Waals surface area contributed by atoms with E-state index in [-0.39, 0.29) is 40.3 Å². The molecule has 4 rings (SSSR count). The Morgan fingerprint density at radius 2 is 0.746 bits per heavy atom. The van der Waals surface area contributed by atoms with Crippen molar-refractivity contribution in [1.82, 2.24) is 0 Å². The Bertz CT molecular complexity index is 1930. The average molecular weight is 988 g/mol. The molecule has 2 heterocycles. The molecule has 0 radical (unpaired) electrons. The van der Waals surface area contributed by atoms with E-state index in [1.54, 1.807) is 10.8 Å². The fourth-order valence-corrected chi connectivity index (χ4v) is 314. The van der Waals surface area contributed by atoms with Gasteiger partial charge in [0.05, 0.1) is 49.7 Å². The van der Waals surface area contributed by atoms with Gasteiger partial charge in [-0.3, -0.25) is 0 Å². The third kappa shape index (κ3) is 6.75. The van der Waals surface area contributed by atoms with E-state index in [1.165, 1.54) is 18.2 Å². The van der Waals surface area contributed by atoms with Gasteiger partial charge in [-0.05, 0) is 69.1 Å². The van der Waals surface area contributed by atoms with Gasteiger partial charge in [-0.15, -0.1) is 0 Å². The van der Waals surface area contributed by atoms with Crippen LogP contribution in [0.2, 0.25) is 72.5 Å². The highest BCUT2D eigenvalue weighted by atomic mass is 30.2. The van der Waals surface area contributed by atoms with Crippen molar-refractivity contribution in [2.75, 3.05) is 0 Å². The molecule has 2 aromatic carbocycles. The van der Waals surface area contributed by atoms with E-state index in [9.17, 15) is 13.2 Å². The van der Waals surface area contributed by atoms with Crippen LogP contribution in [0.5, 0.6) is 0 Å². The van der Waals surface area contributed by atoms with Crippen LogP contribution in [-0.4, -0.2) is 50.7 Å². The van der Waals surface area contributed by atoms with Crippen molar-refractivity contribution in [3.05, 3.63) is 77.0 Å². The summed E-state index contributed by atoms with van der Waals surface area (Å²) >= 11 is 0. The van der Waals surface area contributed by atoms with E-state index < -0.39 is 62.5 Å². The normalized spacial score (nSPS) is 23.9. The number of halogens is 3. The van der Waals surface area contributed by atoms with Gasteiger partial charge in [0.2, 0.25) is 0 Å². The van der Waals surface area contributed by atoms with Crippen molar-refractivity contribution in [3.63, 3.8) is 0 Å². The SMILES string of the molecule is CC(C)(C)[Si](C)(C(C)(C)C)[Si]1([Si](C)(C(C)(C)C)C(C)(C)C)CC(c2ccccc2)[Si@]2([Si](C)(C(C)(C)C)C(C)(C)C)C=C(c3ccc(C(F)(F)F)cc3)[Si@@]12[Si](C)(C(C)(C)C)C(C)(C)C. The summed E-state index contributed by atoms with van der Waals surface area (Å²) in [6.45, 7) is 70.8. The lowest BCUT2D eigenvalue weighted by molar-refractivity contribution is -0.137. The van der Waals surface area contributed by atoms with E-state index in [1.807, 2.05) is 12.1 Å². The third-order valence-corrected chi connectivity index (χ3v) is 182. The Kier molecular flexibility index (Phi) is 13.3. The van der Waals surface area contributed by atoms with Gasteiger partial charge in [0.25, 0.3) is 0 Å². The van der Waals surface area contributed by atoms with Gasteiger partial charge in [0, 0.05) is 6.63 Å². The molecule has 2 aliphatic heterocycles. The Morgan fingerprint density at radius 1 is 0.429 bits per heavy atom. The molecule has 2 aliphatic rings. The molecule has 0 N–H and O–H groups in total. The predicted octanol–water partition coefficient (Wildman–Crippen LogP) is 19.0. The molecule has 0 nitrogen and oxygen atoms in total. The summed E-state index contributed by atoms with van der Waals surface area (Å²) in [5.74, 6) is 0. The van der Waals surface area contributed by atoms with Crippen LogP contribution < -0.4 is 0 Å². The van der Waals surface area contributed by atoms with Gasteiger partial charge in [-0.25, -0.2) is 0 Å². The smallest absolute Gasteiger partial charge is 0.166 e. The van der Waals surface area contributed by atoms with E-state index in [4.69, 9.17) is 0 Å². The summed E-state index contributed by atoms with van der Waals surface area (Å²) in [7, 11) is -13.3. The van der Waals surface area contributed by atoms with Crippen LogP contribution >= 0.6 is 0 Å². The van der Waals surface area contributed by atoms with Crippen molar-refractivity contribution in [2.24, 2.45) is 0 Å². The molecule has 1 unspecified atom stereocenters. The molecule has 358 valence electrons.